The van der Waals surface area contributed by atoms with Gasteiger partial charge in [-0.25, -0.2) is 4.39 Å². The Labute approximate surface area is 213 Å². The zero-order valence-electron chi connectivity index (χ0n) is 19.3. The number of hydrogen-bond donors (Lipinski definition) is 1. The number of amides is 2. The topological polar surface area (TPSA) is 61.8 Å². The Balaban J connectivity index is 1.76. The molecule has 0 fully saturated rings. The zero-order chi connectivity index (χ0) is 25.1. The number of rotatable bonds is 6. The van der Waals surface area contributed by atoms with Crippen molar-refractivity contribution in [3.63, 3.8) is 0 Å². The van der Waals surface area contributed by atoms with E-state index in [4.69, 9.17) is 28.2 Å². The molecule has 1 N–H and O–H groups in total. The minimum Gasteiger partial charge on any atom is -0.324 e. The first-order valence-electron chi connectivity index (χ1n) is 11.3. The lowest BCUT2D eigenvalue weighted by Gasteiger charge is -2.26. The maximum Gasteiger partial charge on any atom is 0.252 e. The number of carbonyl (C=O) groups is 2. The number of aliphatic imine (C=N–C) groups is 1. The lowest BCUT2D eigenvalue weighted by atomic mass is 9.98. The van der Waals surface area contributed by atoms with E-state index in [0.29, 0.717) is 27.7 Å². The molecule has 1 aliphatic rings. The molecule has 3 aromatic carbocycles. The van der Waals surface area contributed by atoms with E-state index in [1.54, 1.807) is 18.2 Å². The van der Waals surface area contributed by atoms with E-state index >= 15 is 0 Å². The van der Waals surface area contributed by atoms with Gasteiger partial charge in [-0.2, -0.15) is 0 Å². The van der Waals surface area contributed by atoms with Gasteiger partial charge in [0.05, 0.1) is 16.4 Å². The van der Waals surface area contributed by atoms with Crippen LogP contribution in [0.4, 0.5) is 15.8 Å². The van der Waals surface area contributed by atoms with Crippen LogP contribution in [0.25, 0.3) is 0 Å². The Morgan fingerprint density at radius 3 is 2.54 bits per heavy atom. The lowest BCUT2D eigenvalue weighted by Crippen LogP contribution is -2.44. The van der Waals surface area contributed by atoms with Gasteiger partial charge in [0.25, 0.3) is 5.91 Å². The SMILES string of the molecule is CC[C@H](C)[C@@H]1N=C(c2ccccc2)c2cc(Cl)ccc2N(CC(=O)Nc2ccc(F)c(Cl)c2)C1=O. The maximum absolute atomic E-state index is 13.8. The van der Waals surface area contributed by atoms with E-state index in [-0.39, 0.29) is 23.4 Å². The quantitative estimate of drug-likeness (QED) is 0.417. The number of carbonyl (C=O) groups excluding carboxylic acids is 2. The molecular formula is C27H24Cl2FN3O2. The van der Waals surface area contributed by atoms with Gasteiger partial charge in [-0.3, -0.25) is 14.6 Å². The molecule has 5 nitrogen and oxygen atoms in total. The third-order valence-electron chi connectivity index (χ3n) is 6.03. The molecule has 0 saturated carbocycles. The second-order valence-corrected chi connectivity index (χ2v) is 9.28. The van der Waals surface area contributed by atoms with Crippen LogP contribution in [-0.2, 0) is 9.59 Å². The van der Waals surface area contributed by atoms with Gasteiger partial charge in [0.1, 0.15) is 18.4 Å². The van der Waals surface area contributed by atoms with Crippen LogP contribution >= 0.6 is 23.2 Å². The first-order chi connectivity index (χ1) is 16.8. The number of fused-ring (bicyclic) bond motifs is 1. The molecule has 180 valence electrons. The third kappa shape index (κ3) is 5.39. The molecule has 0 spiro atoms. The third-order valence-corrected chi connectivity index (χ3v) is 6.55. The maximum atomic E-state index is 13.8. The van der Waals surface area contributed by atoms with E-state index < -0.39 is 17.8 Å². The van der Waals surface area contributed by atoms with Crippen LogP contribution in [0.5, 0.6) is 0 Å². The average Bonchev–Trinajstić information content (AvgIpc) is 2.96. The number of halogens is 3. The Morgan fingerprint density at radius 1 is 1.11 bits per heavy atom. The van der Waals surface area contributed by atoms with Crippen LogP contribution in [0.3, 0.4) is 0 Å². The van der Waals surface area contributed by atoms with Crippen LogP contribution in [-0.4, -0.2) is 30.1 Å². The van der Waals surface area contributed by atoms with E-state index in [1.165, 1.54) is 23.1 Å². The van der Waals surface area contributed by atoms with Crippen LogP contribution in [0.15, 0.2) is 71.7 Å². The second-order valence-electron chi connectivity index (χ2n) is 8.44. The summed E-state index contributed by atoms with van der Waals surface area (Å²) >= 11 is 12.2. The van der Waals surface area contributed by atoms with Crippen LogP contribution in [0, 0.1) is 11.7 Å². The van der Waals surface area contributed by atoms with Crippen molar-refractivity contribution >= 4 is 52.1 Å². The standard InChI is InChI=1S/C27H24Cl2FN3O2/c1-3-16(2)25-27(35)33(15-24(34)31-19-10-11-22(30)21(29)14-19)23-12-9-18(28)13-20(23)26(32-25)17-7-5-4-6-8-17/h4-14,16,25H,3,15H2,1-2H3,(H,31,34)/t16-,25-/m0/s1. The first-order valence-corrected chi connectivity index (χ1v) is 12.0. The molecule has 2 amide bonds. The Hall–Kier alpha value is -3.22. The summed E-state index contributed by atoms with van der Waals surface area (Å²) in [5.41, 5.74) is 3.04. The largest absolute Gasteiger partial charge is 0.324 e. The van der Waals surface area contributed by atoms with Crippen molar-refractivity contribution in [3.8, 4) is 0 Å². The molecule has 35 heavy (non-hydrogen) atoms. The van der Waals surface area contributed by atoms with Gasteiger partial charge in [-0.05, 0) is 42.3 Å². The van der Waals surface area contributed by atoms with Gasteiger partial charge in [0, 0.05) is 21.8 Å². The van der Waals surface area contributed by atoms with E-state index in [0.717, 1.165) is 12.0 Å². The highest BCUT2D eigenvalue weighted by Crippen LogP contribution is 2.33. The molecule has 0 aliphatic carbocycles. The zero-order valence-corrected chi connectivity index (χ0v) is 20.8. The molecule has 0 radical (unpaired) electrons. The smallest absolute Gasteiger partial charge is 0.252 e. The Bertz CT molecular complexity index is 1300. The summed E-state index contributed by atoms with van der Waals surface area (Å²) in [5.74, 6) is -1.37. The second kappa shape index (κ2) is 10.6. The molecule has 0 aromatic heterocycles. The van der Waals surface area contributed by atoms with Crippen LogP contribution in [0.2, 0.25) is 10.0 Å². The summed E-state index contributed by atoms with van der Waals surface area (Å²) in [7, 11) is 0. The van der Waals surface area contributed by atoms with Crippen molar-refractivity contribution in [3.05, 3.63) is 93.7 Å². The molecular weight excluding hydrogens is 488 g/mol. The molecule has 2 atom stereocenters. The molecule has 1 heterocycles. The van der Waals surface area contributed by atoms with Gasteiger partial charge < -0.3 is 10.2 Å². The molecule has 0 saturated heterocycles. The summed E-state index contributed by atoms with van der Waals surface area (Å²) in [6, 6.07) is 18.0. The predicted octanol–water partition coefficient (Wildman–Crippen LogP) is 6.37. The fraction of sp³-hybridized carbons (Fsp3) is 0.222. The van der Waals surface area contributed by atoms with Crippen LogP contribution in [0.1, 0.15) is 31.4 Å². The molecule has 4 rings (SSSR count). The lowest BCUT2D eigenvalue weighted by molar-refractivity contribution is -0.123. The summed E-state index contributed by atoms with van der Waals surface area (Å²) < 4.78 is 13.5. The van der Waals surface area contributed by atoms with Gasteiger partial charge in [-0.15, -0.1) is 0 Å². The molecule has 8 heteroatoms. The number of benzene rings is 3. The summed E-state index contributed by atoms with van der Waals surface area (Å²) in [6.45, 7) is 3.71. The fourth-order valence-electron chi connectivity index (χ4n) is 3.98. The van der Waals surface area contributed by atoms with Gasteiger partial charge in [0.2, 0.25) is 5.91 Å². The summed E-state index contributed by atoms with van der Waals surface area (Å²) in [6.07, 6.45) is 0.729. The first kappa shape index (κ1) is 24.9. The fourth-order valence-corrected chi connectivity index (χ4v) is 4.33. The van der Waals surface area contributed by atoms with E-state index in [2.05, 4.69) is 5.32 Å². The van der Waals surface area contributed by atoms with Crippen LogP contribution < -0.4 is 10.2 Å². The van der Waals surface area contributed by atoms with Crippen molar-refractivity contribution in [1.82, 2.24) is 0 Å². The number of benzodiazepines with no additional fused rings is 1. The van der Waals surface area contributed by atoms with Crippen molar-refractivity contribution in [2.75, 3.05) is 16.8 Å². The van der Waals surface area contributed by atoms with E-state index in [1.807, 2.05) is 44.2 Å². The monoisotopic (exact) mass is 511 g/mol. The summed E-state index contributed by atoms with van der Waals surface area (Å²) in [4.78, 5) is 33.2. The Morgan fingerprint density at radius 2 is 1.86 bits per heavy atom. The number of anilines is 2. The van der Waals surface area contributed by atoms with Crippen molar-refractivity contribution in [1.29, 1.82) is 0 Å². The Kier molecular flexibility index (Phi) is 7.53. The van der Waals surface area contributed by atoms with E-state index in [9.17, 15) is 14.0 Å². The minimum atomic E-state index is -0.686. The number of hydrogen-bond acceptors (Lipinski definition) is 3. The van der Waals surface area contributed by atoms with Gasteiger partial charge in [0.15, 0.2) is 0 Å². The average molecular weight is 512 g/mol. The van der Waals surface area contributed by atoms with Crippen molar-refractivity contribution in [2.45, 2.75) is 26.3 Å². The van der Waals surface area contributed by atoms with Gasteiger partial charge >= 0.3 is 0 Å². The highest BCUT2D eigenvalue weighted by Gasteiger charge is 2.35. The number of nitrogens with one attached hydrogen (secondary N) is 1. The number of nitrogens with zero attached hydrogens (tertiary/aromatic N) is 2. The van der Waals surface area contributed by atoms with Gasteiger partial charge in [-0.1, -0.05) is 73.8 Å². The molecule has 1 aliphatic heterocycles. The highest BCUT2D eigenvalue weighted by atomic mass is 35.5. The predicted molar refractivity (Wildman–Crippen MR) is 139 cm³/mol. The molecule has 0 unspecified atom stereocenters. The summed E-state index contributed by atoms with van der Waals surface area (Å²) in [5, 5.41) is 3.08. The molecule has 3 aromatic rings. The molecule has 0 bridgehead atoms. The minimum absolute atomic E-state index is 0.0625. The highest BCUT2D eigenvalue weighted by molar-refractivity contribution is 6.32. The normalized spacial score (nSPS) is 16.3. The van der Waals surface area contributed by atoms with Crippen molar-refractivity contribution < 1.29 is 14.0 Å². The van der Waals surface area contributed by atoms with Crippen molar-refractivity contribution in [2.24, 2.45) is 10.9 Å².